The second kappa shape index (κ2) is 10.3. The van der Waals surface area contributed by atoms with Crippen LogP contribution in [0.5, 0.6) is 5.75 Å². The molecule has 32 heavy (non-hydrogen) atoms. The standard InChI is InChI=1S/C25H28N2O4S/c1-19-9-12-22(13-10-19)27(32(29,30)23-7-5-4-6-8-23)18-25(28)26-15-16-31-24-14-11-20(2)17-21(24)3/h4-14,17H,15-16,18H2,1-3H3,(H,26,28). The Morgan fingerprint density at radius 3 is 2.22 bits per heavy atom. The van der Waals surface area contributed by atoms with Gasteiger partial charge in [-0.25, -0.2) is 8.42 Å². The monoisotopic (exact) mass is 452 g/mol. The van der Waals surface area contributed by atoms with Gasteiger partial charge in [0.05, 0.1) is 17.1 Å². The predicted molar refractivity (Wildman–Crippen MR) is 127 cm³/mol. The predicted octanol–water partition coefficient (Wildman–Crippen LogP) is 4.00. The second-order valence-corrected chi connectivity index (χ2v) is 9.49. The maximum Gasteiger partial charge on any atom is 0.264 e. The van der Waals surface area contributed by atoms with Crippen molar-refractivity contribution in [3.63, 3.8) is 0 Å². The molecule has 1 amide bonds. The number of carbonyl (C=O) groups is 1. The second-order valence-electron chi connectivity index (χ2n) is 7.63. The van der Waals surface area contributed by atoms with E-state index in [1.54, 1.807) is 30.3 Å². The molecular formula is C25H28N2O4S. The van der Waals surface area contributed by atoms with E-state index in [1.165, 1.54) is 12.1 Å². The van der Waals surface area contributed by atoms with Gasteiger partial charge in [0.15, 0.2) is 0 Å². The van der Waals surface area contributed by atoms with Gasteiger partial charge in [-0.05, 0) is 56.7 Å². The average molecular weight is 453 g/mol. The Morgan fingerprint density at radius 2 is 1.56 bits per heavy atom. The van der Waals surface area contributed by atoms with Gasteiger partial charge in [-0.15, -0.1) is 0 Å². The zero-order valence-electron chi connectivity index (χ0n) is 18.5. The SMILES string of the molecule is Cc1ccc(N(CC(=O)NCCOc2ccc(C)cc2C)S(=O)(=O)c2ccccc2)cc1. The molecule has 0 aromatic heterocycles. The maximum absolute atomic E-state index is 13.3. The van der Waals surface area contributed by atoms with Crippen LogP contribution in [0.15, 0.2) is 77.7 Å². The minimum absolute atomic E-state index is 0.131. The fourth-order valence-corrected chi connectivity index (χ4v) is 4.69. The van der Waals surface area contributed by atoms with Crippen molar-refractivity contribution in [2.75, 3.05) is 24.0 Å². The summed E-state index contributed by atoms with van der Waals surface area (Å²) in [7, 11) is -3.90. The molecular weight excluding hydrogens is 424 g/mol. The molecule has 0 atom stereocenters. The molecule has 0 heterocycles. The summed E-state index contributed by atoms with van der Waals surface area (Å²) in [6, 6.07) is 21.0. The van der Waals surface area contributed by atoms with Crippen LogP contribution in [0.3, 0.4) is 0 Å². The van der Waals surface area contributed by atoms with Gasteiger partial charge in [0.25, 0.3) is 10.0 Å². The fraction of sp³-hybridized carbons (Fsp3) is 0.240. The van der Waals surface area contributed by atoms with Crippen LogP contribution >= 0.6 is 0 Å². The molecule has 1 N–H and O–H groups in total. The van der Waals surface area contributed by atoms with Crippen molar-refractivity contribution in [3.05, 3.63) is 89.5 Å². The summed E-state index contributed by atoms with van der Waals surface area (Å²) in [5.41, 5.74) is 3.61. The first-order chi connectivity index (χ1) is 15.3. The molecule has 0 spiro atoms. The van der Waals surface area contributed by atoms with E-state index in [0.29, 0.717) is 5.69 Å². The van der Waals surface area contributed by atoms with Crippen LogP contribution in [0.25, 0.3) is 0 Å². The topological polar surface area (TPSA) is 75.7 Å². The van der Waals surface area contributed by atoms with Crippen LogP contribution in [0.1, 0.15) is 16.7 Å². The lowest BCUT2D eigenvalue weighted by molar-refractivity contribution is -0.119. The molecule has 6 nitrogen and oxygen atoms in total. The van der Waals surface area contributed by atoms with Crippen molar-refractivity contribution in [1.29, 1.82) is 0 Å². The Hall–Kier alpha value is -3.32. The number of sulfonamides is 1. The lowest BCUT2D eigenvalue weighted by Gasteiger charge is -2.24. The summed E-state index contributed by atoms with van der Waals surface area (Å²) in [5.74, 6) is 0.354. The number of nitrogens with one attached hydrogen (secondary N) is 1. The van der Waals surface area contributed by atoms with Gasteiger partial charge in [-0.3, -0.25) is 9.10 Å². The van der Waals surface area contributed by atoms with E-state index in [9.17, 15) is 13.2 Å². The minimum Gasteiger partial charge on any atom is -0.491 e. The number of nitrogens with zero attached hydrogens (tertiary/aromatic N) is 1. The molecule has 0 aliphatic rings. The third-order valence-corrected chi connectivity index (χ3v) is 6.74. The normalized spacial score (nSPS) is 11.1. The van der Waals surface area contributed by atoms with Crippen molar-refractivity contribution >= 4 is 21.6 Å². The van der Waals surface area contributed by atoms with E-state index in [0.717, 1.165) is 26.7 Å². The van der Waals surface area contributed by atoms with Crippen molar-refractivity contribution < 1.29 is 17.9 Å². The molecule has 0 saturated heterocycles. The fourth-order valence-electron chi connectivity index (χ4n) is 3.24. The first-order valence-electron chi connectivity index (χ1n) is 10.4. The number of rotatable bonds is 9. The first-order valence-corrected chi connectivity index (χ1v) is 11.8. The molecule has 0 aliphatic carbocycles. The van der Waals surface area contributed by atoms with Crippen LogP contribution in [-0.4, -0.2) is 34.0 Å². The summed E-state index contributed by atoms with van der Waals surface area (Å²) in [6.07, 6.45) is 0. The molecule has 168 valence electrons. The Bertz CT molecular complexity index is 1160. The number of amides is 1. The van der Waals surface area contributed by atoms with E-state index in [2.05, 4.69) is 5.32 Å². The number of aryl methyl sites for hydroxylation is 3. The number of carbonyl (C=O) groups excluding carboxylic acids is 1. The Labute approximate surface area is 189 Å². The number of benzene rings is 3. The van der Waals surface area contributed by atoms with E-state index < -0.39 is 15.9 Å². The molecule has 0 radical (unpaired) electrons. The van der Waals surface area contributed by atoms with Gasteiger partial charge in [-0.1, -0.05) is 53.6 Å². The summed E-state index contributed by atoms with van der Waals surface area (Å²) in [4.78, 5) is 12.8. The molecule has 3 aromatic rings. The Morgan fingerprint density at radius 1 is 0.906 bits per heavy atom. The summed E-state index contributed by atoms with van der Waals surface area (Å²) >= 11 is 0. The molecule has 0 unspecified atom stereocenters. The Kier molecular flexibility index (Phi) is 7.53. The Balaban J connectivity index is 1.68. The van der Waals surface area contributed by atoms with Crippen molar-refractivity contribution in [1.82, 2.24) is 5.32 Å². The highest BCUT2D eigenvalue weighted by atomic mass is 32.2. The van der Waals surface area contributed by atoms with Crippen molar-refractivity contribution in [3.8, 4) is 5.75 Å². The summed E-state index contributed by atoms with van der Waals surface area (Å²) in [5, 5.41) is 2.75. The molecule has 0 saturated carbocycles. The largest absolute Gasteiger partial charge is 0.491 e. The lowest BCUT2D eigenvalue weighted by atomic mass is 10.1. The van der Waals surface area contributed by atoms with Crippen LogP contribution in [-0.2, 0) is 14.8 Å². The van der Waals surface area contributed by atoms with E-state index in [4.69, 9.17) is 4.74 Å². The van der Waals surface area contributed by atoms with Crippen LogP contribution in [0.4, 0.5) is 5.69 Å². The lowest BCUT2D eigenvalue weighted by Crippen LogP contribution is -2.41. The molecule has 7 heteroatoms. The third kappa shape index (κ3) is 5.88. The zero-order chi connectivity index (χ0) is 23.1. The van der Waals surface area contributed by atoms with E-state index in [-0.39, 0.29) is 24.6 Å². The number of hydrogen-bond acceptors (Lipinski definition) is 4. The van der Waals surface area contributed by atoms with Crippen LogP contribution in [0.2, 0.25) is 0 Å². The highest BCUT2D eigenvalue weighted by Crippen LogP contribution is 2.24. The highest BCUT2D eigenvalue weighted by molar-refractivity contribution is 7.92. The molecule has 0 aliphatic heterocycles. The van der Waals surface area contributed by atoms with Gasteiger partial charge in [-0.2, -0.15) is 0 Å². The molecule has 0 bridgehead atoms. The smallest absolute Gasteiger partial charge is 0.264 e. The summed E-state index contributed by atoms with van der Waals surface area (Å²) < 4.78 is 33.4. The van der Waals surface area contributed by atoms with Gasteiger partial charge in [0.2, 0.25) is 5.91 Å². The number of anilines is 1. The number of hydrogen-bond donors (Lipinski definition) is 1. The van der Waals surface area contributed by atoms with Crippen LogP contribution in [0, 0.1) is 20.8 Å². The molecule has 3 rings (SSSR count). The minimum atomic E-state index is -3.90. The van der Waals surface area contributed by atoms with Gasteiger partial charge in [0, 0.05) is 0 Å². The summed E-state index contributed by atoms with van der Waals surface area (Å²) in [6.45, 7) is 6.12. The van der Waals surface area contributed by atoms with E-state index in [1.807, 2.05) is 51.1 Å². The van der Waals surface area contributed by atoms with Gasteiger partial charge >= 0.3 is 0 Å². The van der Waals surface area contributed by atoms with Crippen molar-refractivity contribution in [2.45, 2.75) is 25.7 Å². The van der Waals surface area contributed by atoms with Crippen LogP contribution < -0.4 is 14.4 Å². The third-order valence-electron chi connectivity index (χ3n) is 4.95. The highest BCUT2D eigenvalue weighted by Gasteiger charge is 2.26. The van der Waals surface area contributed by atoms with Gasteiger partial charge < -0.3 is 10.1 Å². The quantitative estimate of drug-likeness (QED) is 0.498. The average Bonchev–Trinajstić information content (AvgIpc) is 2.77. The molecule has 0 fully saturated rings. The number of ether oxygens (including phenoxy) is 1. The first kappa shape index (κ1) is 23.3. The van der Waals surface area contributed by atoms with Crippen molar-refractivity contribution in [2.24, 2.45) is 0 Å². The zero-order valence-corrected chi connectivity index (χ0v) is 19.4. The maximum atomic E-state index is 13.3. The molecule has 3 aromatic carbocycles. The van der Waals surface area contributed by atoms with E-state index >= 15 is 0 Å². The van der Waals surface area contributed by atoms with Gasteiger partial charge in [0.1, 0.15) is 18.9 Å².